The third-order valence-corrected chi connectivity index (χ3v) is 9.44. The van der Waals surface area contributed by atoms with Gasteiger partial charge < -0.3 is 14.2 Å². The van der Waals surface area contributed by atoms with Gasteiger partial charge in [0.25, 0.3) is 11.2 Å². The summed E-state index contributed by atoms with van der Waals surface area (Å²) in [4.78, 5) is 43.5. The van der Waals surface area contributed by atoms with Crippen LogP contribution < -0.4 is 24.4 Å². The second-order valence-electron chi connectivity index (χ2n) is 10.4. The molecule has 0 amide bonds. The van der Waals surface area contributed by atoms with Crippen LogP contribution in [0.5, 0.6) is 11.5 Å². The van der Waals surface area contributed by atoms with Crippen LogP contribution in [-0.4, -0.2) is 28.7 Å². The maximum atomic E-state index is 14.1. The van der Waals surface area contributed by atoms with Gasteiger partial charge in [-0.05, 0) is 85.1 Å². The van der Waals surface area contributed by atoms with Gasteiger partial charge in [-0.25, -0.2) is 9.79 Å². The molecular formula is C33H28BrCl2N3O7S. The number of halogens is 3. The first kappa shape index (κ1) is 34.4. The van der Waals surface area contributed by atoms with Crippen molar-refractivity contribution in [3.63, 3.8) is 0 Å². The number of esters is 1. The first-order chi connectivity index (χ1) is 22.4. The molecular weight excluding hydrogens is 733 g/mol. The second-order valence-corrected chi connectivity index (χ2v) is 13.1. The first-order valence-electron chi connectivity index (χ1n) is 14.4. The summed E-state index contributed by atoms with van der Waals surface area (Å²) in [6.07, 6.45) is 1.69. The Hall–Kier alpha value is -3.97. The van der Waals surface area contributed by atoms with Gasteiger partial charge in [-0.2, -0.15) is 0 Å². The number of nitro benzene ring substituents is 1. The Kier molecular flexibility index (Phi) is 10.5. The lowest BCUT2D eigenvalue weighted by Crippen LogP contribution is -2.40. The number of aromatic nitrogens is 1. The van der Waals surface area contributed by atoms with Crippen LogP contribution in [0.2, 0.25) is 10.0 Å². The summed E-state index contributed by atoms with van der Waals surface area (Å²) in [5.41, 5.74) is 2.13. The van der Waals surface area contributed by atoms with Crippen molar-refractivity contribution in [2.45, 2.75) is 40.3 Å². The van der Waals surface area contributed by atoms with E-state index in [1.54, 1.807) is 69.3 Å². The van der Waals surface area contributed by atoms with E-state index < -0.39 is 22.5 Å². The predicted octanol–water partition coefficient (Wildman–Crippen LogP) is 7.06. The highest BCUT2D eigenvalue weighted by atomic mass is 79.9. The zero-order valence-corrected chi connectivity index (χ0v) is 29.6. The van der Waals surface area contributed by atoms with Gasteiger partial charge in [-0.15, -0.1) is 0 Å². The van der Waals surface area contributed by atoms with Crippen molar-refractivity contribution in [1.82, 2.24) is 4.57 Å². The minimum absolute atomic E-state index is 0.101. The van der Waals surface area contributed by atoms with Gasteiger partial charge in [0.1, 0.15) is 6.61 Å². The molecule has 3 aromatic carbocycles. The van der Waals surface area contributed by atoms with E-state index in [-0.39, 0.29) is 24.5 Å². The molecule has 0 bridgehead atoms. The molecule has 0 unspecified atom stereocenters. The van der Waals surface area contributed by atoms with Crippen molar-refractivity contribution < 1.29 is 23.9 Å². The molecule has 0 fully saturated rings. The molecule has 2 heterocycles. The molecule has 47 heavy (non-hydrogen) atoms. The van der Waals surface area contributed by atoms with Gasteiger partial charge >= 0.3 is 5.97 Å². The normalized spacial score (nSPS) is 14.4. The largest absolute Gasteiger partial charge is 0.490 e. The van der Waals surface area contributed by atoms with Crippen molar-refractivity contribution >= 4 is 68.2 Å². The number of allylic oxidation sites excluding steroid dienone is 1. The average molecular weight is 761 g/mol. The lowest BCUT2D eigenvalue weighted by Gasteiger charge is -2.24. The molecule has 5 rings (SSSR count). The number of rotatable bonds is 10. The van der Waals surface area contributed by atoms with E-state index in [1.165, 1.54) is 10.6 Å². The lowest BCUT2D eigenvalue weighted by molar-refractivity contribution is -0.385. The third-order valence-electron chi connectivity index (χ3n) is 7.28. The smallest absolute Gasteiger partial charge is 0.338 e. The number of nitrogens with zero attached hydrogens (tertiary/aromatic N) is 3. The fourth-order valence-electron chi connectivity index (χ4n) is 5.11. The minimum Gasteiger partial charge on any atom is -0.490 e. The summed E-state index contributed by atoms with van der Waals surface area (Å²) >= 11 is 17.1. The van der Waals surface area contributed by atoms with Crippen molar-refractivity contribution in [1.29, 1.82) is 0 Å². The zero-order valence-electron chi connectivity index (χ0n) is 25.6. The molecule has 1 aromatic heterocycles. The highest BCUT2D eigenvalue weighted by Gasteiger charge is 2.34. The van der Waals surface area contributed by atoms with Gasteiger partial charge in [-0.1, -0.05) is 52.7 Å². The van der Waals surface area contributed by atoms with E-state index in [0.717, 1.165) is 16.9 Å². The van der Waals surface area contributed by atoms with Crippen LogP contribution in [0.15, 0.2) is 74.1 Å². The number of thiazole rings is 1. The highest BCUT2D eigenvalue weighted by Crippen LogP contribution is 2.38. The molecule has 4 aromatic rings. The molecule has 1 aliphatic rings. The van der Waals surface area contributed by atoms with E-state index in [4.69, 9.17) is 37.4 Å². The van der Waals surface area contributed by atoms with Crippen molar-refractivity contribution in [3.05, 3.63) is 126 Å². The first-order valence-corrected chi connectivity index (χ1v) is 16.8. The van der Waals surface area contributed by atoms with Gasteiger partial charge in [0.05, 0.1) is 44.5 Å². The van der Waals surface area contributed by atoms with Crippen molar-refractivity contribution in [2.24, 2.45) is 4.99 Å². The SMILES string of the molecule is CCOC(=O)C1=C(C)N=c2s/c(=C/c3cc(Br)c(OCc4ccc(Cl)cc4Cl)c(OCC)c3)c(=O)n2[C@H]1c1ccc(C)c([N+](=O)[O-])c1. The Balaban J connectivity index is 1.61. The van der Waals surface area contributed by atoms with E-state index in [2.05, 4.69) is 20.9 Å². The van der Waals surface area contributed by atoms with E-state index in [1.807, 2.05) is 6.92 Å². The lowest BCUT2D eigenvalue weighted by atomic mass is 9.94. The molecule has 244 valence electrons. The van der Waals surface area contributed by atoms with Crippen LogP contribution in [-0.2, 0) is 16.1 Å². The summed E-state index contributed by atoms with van der Waals surface area (Å²) in [5.74, 6) is 0.237. The fraction of sp³-hybridized carbons (Fsp3) is 0.242. The van der Waals surface area contributed by atoms with Crippen LogP contribution in [0.3, 0.4) is 0 Å². The second kappa shape index (κ2) is 14.4. The molecule has 0 saturated heterocycles. The van der Waals surface area contributed by atoms with Crippen molar-refractivity contribution in [3.8, 4) is 11.5 Å². The number of hydrogen-bond donors (Lipinski definition) is 0. The number of carbonyl (C=O) groups excluding carboxylic acids is 1. The molecule has 10 nitrogen and oxygen atoms in total. The van der Waals surface area contributed by atoms with Gasteiger partial charge in [0.2, 0.25) is 0 Å². The van der Waals surface area contributed by atoms with Crippen LogP contribution >= 0.6 is 50.5 Å². The van der Waals surface area contributed by atoms with Gasteiger partial charge in [-0.3, -0.25) is 19.5 Å². The number of hydrogen-bond acceptors (Lipinski definition) is 9. The summed E-state index contributed by atoms with van der Waals surface area (Å²) in [6.45, 7) is 7.41. The Bertz CT molecular complexity index is 2130. The average Bonchev–Trinajstić information content (AvgIpc) is 3.31. The van der Waals surface area contributed by atoms with E-state index in [0.29, 0.717) is 64.3 Å². The summed E-state index contributed by atoms with van der Waals surface area (Å²) in [5, 5.41) is 12.8. The minimum atomic E-state index is -0.993. The zero-order chi connectivity index (χ0) is 34.0. The standard InChI is InChI=1S/C33H28BrCl2N3O7S/c1-5-44-26-12-19(11-23(34)30(26)46-16-21-9-10-22(35)15-24(21)36)13-27-31(40)38-29(20-8-7-17(3)25(14-20)39(42)43)28(32(41)45-6-2)18(4)37-33(38)47-27/h7-15,29H,5-6,16H2,1-4H3/b27-13+/t29-/m0/s1. The summed E-state index contributed by atoms with van der Waals surface area (Å²) < 4.78 is 19.6. The topological polar surface area (TPSA) is 122 Å². The quantitative estimate of drug-likeness (QED) is 0.0964. The number of benzene rings is 3. The Labute approximate surface area is 291 Å². The maximum absolute atomic E-state index is 14.1. The number of ether oxygens (including phenoxy) is 3. The molecule has 14 heteroatoms. The monoisotopic (exact) mass is 759 g/mol. The summed E-state index contributed by atoms with van der Waals surface area (Å²) in [6, 6.07) is 12.3. The predicted molar refractivity (Wildman–Crippen MR) is 184 cm³/mol. The molecule has 1 atom stereocenters. The molecule has 0 saturated carbocycles. The van der Waals surface area contributed by atoms with Crippen LogP contribution in [0.25, 0.3) is 6.08 Å². The molecule has 0 radical (unpaired) electrons. The van der Waals surface area contributed by atoms with E-state index in [9.17, 15) is 19.7 Å². The highest BCUT2D eigenvalue weighted by molar-refractivity contribution is 9.10. The molecule has 0 N–H and O–H groups in total. The Morgan fingerprint density at radius 1 is 1.11 bits per heavy atom. The molecule has 1 aliphatic heterocycles. The maximum Gasteiger partial charge on any atom is 0.338 e. The van der Waals surface area contributed by atoms with Crippen molar-refractivity contribution in [2.75, 3.05) is 13.2 Å². The third kappa shape index (κ3) is 7.15. The number of carbonyl (C=O) groups is 1. The number of nitro groups is 1. The Morgan fingerprint density at radius 3 is 2.55 bits per heavy atom. The Morgan fingerprint density at radius 2 is 1.87 bits per heavy atom. The fourth-order valence-corrected chi connectivity index (χ4v) is 7.20. The molecule has 0 spiro atoms. The van der Waals surface area contributed by atoms with Gasteiger partial charge in [0.15, 0.2) is 16.3 Å². The van der Waals surface area contributed by atoms with Gasteiger partial charge in [0, 0.05) is 27.2 Å². The van der Waals surface area contributed by atoms with Crippen LogP contribution in [0.4, 0.5) is 5.69 Å². The number of aryl methyl sites for hydroxylation is 1. The number of fused-ring (bicyclic) bond motifs is 1. The molecule has 0 aliphatic carbocycles. The van der Waals surface area contributed by atoms with Crippen LogP contribution in [0, 0.1) is 17.0 Å². The van der Waals surface area contributed by atoms with E-state index >= 15 is 0 Å². The van der Waals surface area contributed by atoms with Crippen LogP contribution in [0.1, 0.15) is 49.1 Å². The summed E-state index contributed by atoms with van der Waals surface area (Å²) in [7, 11) is 0.